The lowest BCUT2D eigenvalue weighted by Gasteiger charge is -2.38. The Hall–Kier alpha value is -3.04. The Morgan fingerprint density at radius 1 is 1.11 bits per heavy atom. The highest BCUT2D eigenvalue weighted by Gasteiger charge is 2.35. The molecular formula is C27H31ClF2N6O. The summed E-state index contributed by atoms with van der Waals surface area (Å²) in [6, 6.07) is 8.73. The van der Waals surface area contributed by atoms with Crippen molar-refractivity contribution in [2.45, 2.75) is 44.7 Å². The zero-order chi connectivity index (χ0) is 26.1. The summed E-state index contributed by atoms with van der Waals surface area (Å²) in [5.74, 6) is 0.0428. The molecule has 2 saturated heterocycles. The maximum Gasteiger partial charge on any atom is 0.239 e. The molecule has 37 heavy (non-hydrogen) atoms. The van der Waals surface area contributed by atoms with Gasteiger partial charge < -0.3 is 15.1 Å². The molecule has 2 fully saturated rings. The van der Waals surface area contributed by atoms with Crippen molar-refractivity contribution in [3.05, 3.63) is 53.1 Å². The predicted molar refractivity (Wildman–Crippen MR) is 142 cm³/mol. The van der Waals surface area contributed by atoms with Crippen LogP contribution in [-0.4, -0.2) is 71.0 Å². The van der Waals surface area contributed by atoms with Crippen molar-refractivity contribution < 1.29 is 13.6 Å². The molecule has 3 aromatic rings. The molecular weight excluding hydrogens is 498 g/mol. The SMILES string of the molecule is CCN1CCCC1C(=O)N(C)C1CCN(c2nc(Nc3ccc(Cl)cc3F)c3cc(F)ccc3n2)CC1. The second-order valence-corrected chi connectivity index (χ2v) is 10.2. The Kier molecular flexibility index (Phi) is 7.44. The number of rotatable bonds is 6. The summed E-state index contributed by atoms with van der Waals surface area (Å²) in [6.07, 6.45) is 3.57. The van der Waals surface area contributed by atoms with E-state index in [1.54, 1.807) is 12.1 Å². The van der Waals surface area contributed by atoms with Gasteiger partial charge in [0, 0.05) is 36.6 Å². The Labute approximate surface area is 220 Å². The maximum atomic E-state index is 14.5. The largest absolute Gasteiger partial charge is 0.341 e. The summed E-state index contributed by atoms with van der Waals surface area (Å²) in [5, 5.41) is 3.73. The van der Waals surface area contributed by atoms with Gasteiger partial charge in [-0.15, -0.1) is 0 Å². The van der Waals surface area contributed by atoms with Crippen molar-refractivity contribution in [1.82, 2.24) is 19.8 Å². The summed E-state index contributed by atoms with van der Waals surface area (Å²) < 4.78 is 28.6. The zero-order valence-electron chi connectivity index (χ0n) is 21.1. The van der Waals surface area contributed by atoms with E-state index < -0.39 is 11.6 Å². The molecule has 196 valence electrons. The third-order valence-corrected chi connectivity index (χ3v) is 7.76. The van der Waals surface area contributed by atoms with Crippen LogP contribution in [0.3, 0.4) is 0 Å². The minimum Gasteiger partial charge on any atom is -0.341 e. The molecule has 0 radical (unpaired) electrons. The van der Waals surface area contributed by atoms with Gasteiger partial charge in [0.25, 0.3) is 0 Å². The third-order valence-electron chi connectivity index (χ3n) is 7.53. The fourth-order valence-electron chi connectivity index (χ4n) is 5.40. The smallest absolute Gasteiger partial charge is 0.239 e. The van der Waals surface area contributed by atoms with Crippen molar-refractivity contribution in [1.29, 1.82) is 0 Å². The number of anilines is 3. The number of likely N-dealkylation sites (tertiary alicyclic amines) is 1. The molecule has 10 heteroatoms. The standard InChI is InChI=1S/C27H31ClF2N6O/c1-3-35-12-4-5-24(35)26(37)34(2)19-10-13-36(14-11-19)27-32-22-9-7-18(29)16-20(22)25(33-27)31-23-8-6-17(28)15-21(23)30/h6-9,15-16,19,24H,3-5,10-14H2,1-2H3,(H,31,32,33). The lowest BCUT2D eigenvalue weighted by Crippen LogP contribution is -2.51. The van der Waals surface area contributed by atoms with Crippen LogP contribution in [0.1, 0.15) is 32.6 Å². The highest BCUT2D eigenvalue weighted by Crippen LogP contribution is 2.31. The summed E-state index contributed by atoms with van der Waals surface area (Å²) in [4.78, 5) is 28.8. The van der Waals surface area contributed by atoms with Gasteiger partial charge in [0.2, 0.25) is 11.9 Å². The van der Waals surface area contributed by atoms with E-state index in [1.807, 2.05) is 11.9 Å². The first-order valence-electron chi connectivity index (χ1n) is 12.8. The van der Waals surface area contributed by atoms with Crippen LogP contribution in [-0.2, 0) is 4.79 Å². The van der Waals surface area contributed by atoms with Crippen LogP contribution in [0.4, 0.5) is 26.2 Å². The average Bonchev–Trinajstić information content (AvgIpc) is 3.38. The molecule has 0 spiro atoms. The molecule has 2 aromatic carbocycles. The molecule has 1 atom stereocenters. The van der Waals surface area contributed by atoms with Crippen LogP contribution in [0, 0.1) is 11.6 Å². The molecule has 2 aliphatic rings. The molecule has 5 rings (SSSR count). The van der Waals surface area contributed by atoms with Gasteiger partial charge in [-0.3, -0.25) is 9.69 Å². The van der Waals surface area contributed by atoms with Crippen molar-refractivity contribution in [2.75, 3.05) is 43.4 Å². The molecule has 0 saturated carbocycles. The Morgan fingerprint density at radius 3 is 2.62 bits per heavy atom. The van der Waals surface area contributed by atoms with E-state index >= 15 is 0 Å². The first-order chi connectivity index (χ1) is 17.8. The number of benzene rings is 2. The van der Waals surface area contributed by atoms with E-state index in [0.29, 0.717) is 35.8 Å². The summed E-state index contributed by atoms with van der Waals surface area (Å²) >= 11 is 5.89. The Bertz CT molecular complexity index is 1300. The normalized spacial score (nSPS) is 18.9. The molecule has 0 bridgehead atoms. The number of likely N-dealkylation sites (N-methyl/N-ethyl adjacent to an activating group) is 2. The number of hydrogen-bond donors (Lipinski definition) is 1. The molecule has 3 heterocycles. The second-order valence-electron chi connectivity index (χ2n) is 9.74. The van der Waals surface area contributed by atoms with Crippen molar-refractivity contribution >= 4 is 45.9 Å². The van der Waals surface area contributed by atoms with Gasteiger partial charge in [-0.1, -0.05) is 18.5 Å². The number of carbonyl (C=O) groups excluding carboxylic acids is 1. The van der Waals surface area contributed by atoms with E-state index in [9.17, 15) is 13.6 Å². The number of amides is 1. The minimum absolute atomic E-state index is 0.0147. The van der Waals surface area contributed by atoms with Crippen LogP contribution in [0.25, 0.3) is 10.9 Å². The van der Waals surface area contributed by atoms with Crippen LogP contribution < -0.4 is 10.2 Å². The Balaban J connectivity index is 1.34. The van der Waals surface area contributed by atoms with E-state index in [0.717, 1.165) is 38.8 Å². The third kappa shape index (κ3) is 5.33. The van der Waals surface area contributed by atoms with Gasteiger partial charge >= 0.3 is 0 Å². The Morgan fingerprint density at radius 2 is 1.89 bits per heavy atom. The van der Waals surface area contributed by atoms with Crippen LogP contribution in [0.15, 0.2) is 36.4 Å². The fraction of sp³-hybridized carbons (Fsp3) is 0.444. The lowest BCUT2D eigenvalue weighted by molar-refractivity contribution is -0.137. The number of carbonyl (C=O) groups is 1. The molecule has 0 aliphatic carbocycles. The van der Waals surface area contributed by atoms with Gasteiger partial charge in [0.15, 0.2) is 0 Å². The van der Waals surface area contributed by atoms with Gasteiger partial charge in [-0.05, 0) is 75.2 Å². The van der Waals surface area contributed by atoms with Crippen LogP contribution in [0.5, 0.6) is 0 Å². The maximum absolute atomic E-state index is 14.5. The lowest BCUT2D eigenvalue weighted by atomic mass is 10.0. The van der Waals surface area contributed by atoms with Gasteiger partial charge in [-0.2, -0.15) is 4.98 Å². The average molecular weight is 529 g/mol. The molecule has 2 aliphatic heterocycles. The van der Waals surface area contributed by atoms with E-state index in [4.69, 9.17) is 11.6 Å². The van der Waals surface area contributed by atoms with Crippen molar-refractivity contribution in [2.24, 2.45) is 0 Å². The van der Waals surface area contributed by atoms with Crippen molar-refractivity contribution in [3.63, 3.8) is 0 Å². The van der Waals surface area contributed by atoms with Crippen molar-refractivity contribution in [3.8, 4) is 0 Å². The minimum atomic E-state index is -0.533. The quantitative estimate of drug-likeness (QED) is 0.473. The fourth-order valence-corrected chi connectivity index (χ4v) is 5.55. The molecule has 1 unspecified atom stereocenters. The highest BCUT2D eigenvalue weighted by molar-refractivity contribution is 6.30. The molecule has 7 nitrogen and oxygen atoms in total. The van der Waals surface area contributed by atoms with E-state index in [1.165, 1.54) is 24.3 Å². The summed E-state index contributed by atoms with van der Waals surface area (Å²) in [5.41, 5.74) is 0.741. The number of nitrogens with zero attached hydrogens (tertiary/aromatic N) is 5. The van der Waals surface area contributed by atoms with Gasteiger partial charge in [0.05, 0.1) is 17.2 Å². The monoisotopic (exact) mass is 528 g/mol. The first kappa shape index (κ1) is 25.6. The topological polar surface area (TPSA) is 64.6 Å². The summed E-state index contributed by atoms with van der Waals surface area (Å²) in [7, 11) is 1.92. The first-order valence-corrected chi connectivity index (χ1v) is 13.2. The van der Waals surface area contributed by atoms with Crippen LogP contribution >= 0.6 is 11.6 Å². The number of nitrogens with one attached hydrogen (secondary N) is 1. The number of fused-ring (bicyclic) bond motifs is 1. The number of hydrogen-bond acceptors (Lipinski definition) is 6. The number of halogens is 3. The second kappa shape index (κ2) is 10.8. The number of aromatic nitrogens is 2. The molecule has 1 amide bonds. The van der Waals surface area contributed by atoms with E-state index in [2.05, 4.69) is 32.0 Å². The zero-order valence-corrected chi connectivity index (χ0v) is 21.8. The van der Waals surface area contributed by atoms with Gasteiger partial charge in [0.1, 0.15) is 17.5 Å². The van der Waals surface area contributed by atoms with Crippen LogP contribution in [0.2, 0.25) is 5.02 Å². The number of piperidine rings is 1. The van der Waals surface area contributed by atoms with Gasteiger partial charge in [-0.25, -0.2) is 13.8 Å². The highest BCUT2D eigenvalue weighted by atomic mass is 35.5. The van der Waals surface area contributed by atoms with E-state index in [-0.39, 0.29) is 28.7 Å². The molecule has 1 aromatic heterocycles. The summed E-state index contributed by atoms with van der Waals surface area (Å²) in [6.45, 7) is 5.32. The molecule has 1 N–H and O–H groups in total. The predicted octanol–water partition coefficient (Wildman–Crippen LogP) is 5.22.